The van der Waals surface area contributed by atoms with Gasteiger partial charge in [0.05, 0.1) is 0 Å². The second-order valence-electron chi connectivity index (χ2n) is 5.43. The zero-order chi connectivity index (χ0) is 14.1. The van der Waals surface area contributed by atoms with E-state index in [0.717, 1.165) is 50.5 Å². The van der Waals surface area contributed by atoms with Crippen LogP contribution in [0, 0.1) is 5.92 Å². The van der Waals surface area contributed by atoms with Crippen LogP contribution < -0.4 is 5.73 Å². The lowest BCUT2D eigenvalue weighted by atomic mass is 9.94. The van der Waals surface area contributed by atoms with Crippen LogP contribution in [-0.4, -0.2) is 42.2 Å². The van der Waals surface area contributed by atoms with E-state index in [4.69, 9.17) is 10.3 Å². The van der Waals surface area contributed by atoms with Gasteiger partial charge in [-0.05, 0) is 39.4 Å². The molecule has 0 amide bonds. The summed E-state index contributed by atoms with van der Waals surface area (Å²) in [6.07, 6.45) is 6.36. The molecule has 1 aromatic rings. The maximum atomic E-state index is 5.64. The molecule has 5 nitrogen and oxygen atoms in total. The monoisotopic (exact) mass is 268 g/mol. The van der Waals surface area contributed by atoms with E-state index in [9.17, 15) is 0 Å². The fraction of sp³-hybridized carbons (Fsp3) is 0.857. The van der Waals surface area contributed by atoms with Crippen LogP contribution in [0.3, 0.4) is 0 Å². The normalized spacial score (nSPS) is 13.1. The fourth-order valence-electron chi connectivity index (χ4n) is 2.22. The Kier molecular flexibility index (Phi) is 7.67. The standard InChI is InChI=1S/C14H28N4O/c1-4-5-12(8-10-15)6-7-14-16-13(17-19-14)9-11-18(2)3/h12H,4-11,15H2,1-3H3. The summed E-state index contributed by atoms with van der Waals surface area (Å²) in [4.78, 5) is 6.56. The van der Waals surface area contributed by atoms with E-state index in [2.05, 4.69) is 22.0 Å². The molecular formula is C14H28N4O. The van der Waals surface area contributed by atoms with E-state index < -0.39 is 0 Å². The number of aryl methyl sites for hydroxylation is 1. The van der Waals surface area contributed by atoms with Gasteiger partial charge in [0, 0.05) is 19.4 Å². The van der Waals surface area contributed by atoms with Crippen molar-refractivity contribution in [3.05, 3.63) is 11.7 Å². The third-order valence-electron chi connectivity index (χ3n) is 3.33. The third kappa shape index (κ3) is 6.68. The molecule has 0 saturated heterocycles. The number of nitrogens with two attached hydrogens (primary N) is 1. The van der Waals surface area contributed by atoms with Crippen molar-refractivity contribution < 1.29 is 4.52 Å². The molecule has 1 heterocycles. The maximum absolute atomic E-state index is 5.64. The molecule has 0 saturated carbocycles. The van der Waals surface area contributed by atoms with Gasteiger partial charge in [-0.1, -0.05) is 24.9 Å². The predicted octanol–water partition coefficient (Wildman–Crippen LogP) is 1.87. The van der Waals surface area contributed by atoms with Gasteiger partial charge in [0.15, 0.2) is 5.82 Å². The Morgan fingerprint density at radius 1 is 1.21 bits per heavy atom. The number of rotatable bonds is 10. The van der Waals surface area contributed by atoms with Crippen LogP contribution in [0.2, 0.25) is 0 Å². The van der Waals surface area contributed by atoms with Crippen LogP contribution in [0.15, 0.2) is 4.52 Å². The van der Waals surface area contributed by atoms with Crippen molar-refractivity contribution in [3.8, 4) is 0 Å². The molecule has 5 heteroatoms. The van der Waals surface area contributed by atoms with Gasteiger partial charge in [-0.25, -0.2) is 0 Å². The average molecular weight is 268 g/mol. The van der Waals surface area contributed by atoms with Gasteiger partial charge < -0.3 is 15.2 Å². The van der Waals surface area contributed by atoms with Gasteiger partial charge in [-0.15, -0.1) is 0 Å². The molecule has 1 unspecified atom stereocenters. The van der Waals surface area contributed by atoms with Crippen molar-refractivity contribution in [2.24, 2.45) is 11.7 Å². The van der Waals surface area contributed by atoms with Crippen molar-refractivity contribution in [1.82, 2.24) is 15.0 Å². The van der Waals surface area contributed by atoms with E-state index in [1.807, 2.05) is 14.1 Å². The zero-order valence-electron chi connectivity index (χ0n) is 12.6. The molecule has 0 spiro atoms. The molecular weight excluding hydrogens is 240 g/mol. The molecule has 19 heavy (non-hydrogen) atoms. The van der Waals surface area contributed by atoms with Crippen molar-refractivity contribution in [2.75, 3.05) is 27.2 Å². The first-order valence-corrected chi connectivity index (χ1v) is 7.32. The lowest BCUT2D eigenvalue weighted by molar-refractivity contribution is 0.344. The highest BCUT2D eigenvalue weighted by Crippen LogP contribution is 2.17. The molecule has 0 fully saturated rings. The number of likely N-dealkylation sites (N-methyl/N-ethyl adjacent to an activating group) is 1. The summed E-state index contributed by atoms with van der Waals surface area (Å²) in [5.74, 6) is 2.27. The SMILES string of the molecule is CCCC(CCN)CCc1nc(CCN(C)C)no1. The van der Waals surface area contributed by atoms with E-state index in [1.165, 1.54) is 12.8 Å². The van der Waals surface area contributed by atoms with E-state index in [0.29, 0.717) is 5.92 Å². The summed E-state index contributed by atoms with van der Waals surface area (Å²) >= 11 is 0. The minimum absolute atomic E-state index is 0.687. The smallest absolute Gasteiger partial charge is 0.226 e. The van der Waals surface area contributed by atoms with Gasteiger partial charge in [0.1, 0.15) is 0 Å². The lowest BCUT2D eigenvalue weighted by Gasteiger charge is -2.13. The van der Waals surface area contributed by atoms with Crippen molar-refractivity contribution in [1.29, 1.82) is 0 Å². The van der Waals surface area contributed by atoms with Gasteiger partial charge in [0.2, 0.25) is 5.89 Å². The quantitative estimate of drug-likeness (QED) is 0.701. The lowest BCUT2D eigenvalue weighted by Crippen LogP contribution is -2.15. The topological polar surface area (TPSA) is 68.2 Å². The molecule has 0 bridgehead atoms. The van der Waals surface area contributed by atoms with Gasteiger partial charge in [-0.2, -0.15) is 4.98 Å². The largest absolute Gasteiger partial charge is 0.339 e. The molecule has 0 aliphatic rings. The molecule has 1 rings (SSSR count). The molecule has 2 N–H and O–H groups in total. The summed E-state index contributed by atoms with van der Waals surface area (Å²) in [5.41, 5.74) is 5.64. The summed E-state index contributed by atoms with van der Waals surface area (Å²) < 4.78 is 5.29. The van der Waals surface area contributed by atoms with Crippen LogP contribution in [0.5, 0.6) is 0 Å². The molecule has 0 aromatic carbocycles. The summed E-state index contributed by atoms with van der Waals surface area (Å²) in [6, 6.07) is 0. The summed E-state index contributed by atoms with van der Waals surface area (Å²) in [5, 5.41) is 4.02. The number of nitrogens with zero attached hydrogens (tertiary/aromatic N) is 3. The van der Waals surface area contributed by atoms with Crippen molar-refractivity contribution in [3.63, 3.8) is 0 Å². The Balaban J connectivity index is 2.35. The highest BCUT2D eigenvalue weighted by atomic mass is 16.5. The highest BCUT2D eigenvalue weighted by Gasteiger charge is 2.11. The minimum atomic E-state index is 0.687. The van der Waals surface area contributed by atoms with Crippen LogP contribution in [0.25, 0.3) is 0 Å². The molecule has 110 valence electrons. The summed E-state index contributed by atoms with van der Waals surface area (Å²) in [6.45, 7) is 3.93. The number of hydrogen-bond donors (Lipinski definition) is 1. The Bertz CT molecular complexity index is 332. The van der Waals surface area contributed by atoms with Crippen LogP contribution >= 0.6 is 0 Å². The first kappa shape index (κ1) is 16.1. The zero-order valence-corrected chi connectivity index (χ0v) is 12.6. The van der Waals surface area contributed by atoms with Gasteiger partial charge >= 0.3 is 0 Å². The molecule has 1 atom stereocenters. The Morgan fingerprint density at radius 3 is 2.63 bits per heavy atom. The minimum Gasteiger partial charge on any atom is -0.339 e. The Morgan fingerprint density at radius 2 is 2.00 bits per heavy atom. The van der Waals surface area contributed by atoms with Gasteiger partial charge in [-0.3, -0.25) is 0 Å². The first-order valence-electron chi connectivity index (χ1n) is 7.32. The first-order chi connectivity index (χ1) is 9.15. The van der Waals surface area contributed by atoms with Crippen LogP contribution in [0.1, 0.15) is 44.3 Å². The molecule has 1 aromatic heterocycles. The molecule has 0 radical (unpaired) electrons. The Hall–Kier alpha value is -0.940. The van der Waals surface area contributed by atoms with E-state index in [-0.39, 0.29) is 0 Å². The van der Waals surface area contributed by atoms with E-state index in [1.54, 1.807) is 0 Å². The second kappa shape index (κ2) is 9.04. The molecule has 0 aliphatic carbocycles. The third-order valence-corrected chi connectivity index (χ3v) is 3.33. The fourth-order valence-corrected chi connectivity index (χ4v) is 2.22. The van der Waals surface area contributed by atoms with Gasteiger partial charge in [0.25, 0.3) is 0 Å². The number of aromatic nitrogens is 2. The van der Waals surface area contributed by atoms with Crippen LogP contribution in [-0.2, 0) is 12.8 Å². The summed E-state index contributed by atoms with van der Waals surface area (Å²) in [7, 11) is 4.09. The maximum Gasteiger partial charge on any atom is 0.226 e. The second-order valence-corrected chi connectivity index (χ2v) is 5.43. The van der Waals surface area contributed by atoms with Crippen molar-refractivity contribution >= 4 is 0 Å². The predicted molar refractivity (Wildman–Crippen MR) is 76.9 cm³/mol. The van der Waals surface area contributed by atoms with E-state index >= 15 is 0 Å². The highest BCUT2D eigenvalue weighted by molar-refractivity contribution is 4.87. The molecule has 0 aliphatic heterocycles. The Labute approximate surface area is 116 Å². The number of hydrogen-bond acceptors (Lipinski definition) is 5. The van der Waals surface area contributed by atoms with Crippen LogP contribution in [0.4, 0.5) is 0 Å². The average Bonchev–Trinajstić information content (AvgIpc) is 2.82. The van der Waals surface area contributed by atoms with Crippen molar-refractivity contribution in [2.45, 2.75) is 45.4 Å².